The smallest absolute Gasteiger partial charge is 0.256 e. The summed E-state index contributed by atoms with van der Waals surface area (Å²) in [6, 6.07) is 11.7. The van der Waals surface area contributed by atoms with Crippen LogP contribution in [0.5, 0.6) is 0 Å². The third-order valence-electron chi connectivity index (χ3n) is 7.10. The van der Waals surface area contributed by atoms with Crippen LogP contribution in [-0.2, 0) is 22.0 Å². The predicted octanol–water partition coefficient (Wildman–Crippen LogP) is 4.14. The van der Waals surface area contributed by atoms with Gasteiger partial charge >= 0.3 is 0 Å². The number of β-amino-alcohol motifs (C(OH)–C–C–N with tert-alkyl or cyclic N) is 1. The van der Waals surface area contributed by atoms with Crippen molar-refractivity contribution in [3.05, 3.63) is 76.4 Å². The van der Waals surface area contributed by atoms with E-state index in [4.69, 9.17) is 0 Å². The summed E-state index contributed by atoms with van der Waals surface area (Å²) in [6.45, 7) is 2.58. The van der Waals surface area contributed by atoms with Gasteiger partial charge < -0.3 is 20.3 Å². The monoisotopic (exact) mass is 535 g/mol. The third-order valence-corrected chi connectivity index (χ3v) is 7.96. The SMILES string of the molecule is Cc1[nH]c(/C=C2\C(=O)Nc3cccc(-c4cccc(F)c4)c32)c(CCCS(C)=O)c1C(=O)N1CC[C@@H](O)C1. The van der Waals surface area contributed by atoms with E-state index >= 15 is 0 Å². The lowest BCUT2D eigenvalue weighted by molar-refractivity contribution is -0.110. The molecular formula is C29H30FN3O4S. The Bertz CT molecular complexity index is 1480. The van der Waals surface area contributed by atoms with Gasteiger partial charge in [0.25, 0.3) is 11.8 Å². The fourth-order valence-electron chi connectivity index (χ4n) is 5.34. The molecule has 2 atom stereocenters. The number of likely N-dealkylation sites (tertiary alicyclic amines) is 1. The van der Waals surface area contributed by atoms with Crippen molar-refractivity contribution < 1.29 is 23.3 Å². The first-order valence-corrected chi connectivity index (χ1v) is 14.4. The van der Waals surface area contributed by atoms with Gasteiger partial charge in [0.15, 0.2) is 0 Å². The van der Waals surface area contributed by atoms with Crippen LogP contribution in [0.25, 0.3) is 22.8 Å². The number of carbonyl (C=O) groups excluding carboxylic acids is 2. The molecule has 3 N–H and O–H groups in total. The number of nitrogens with one attached hydrogen (secondary N) is 2. The molecule has 0 radical (unpaired) electrons. The van der Waals surface area contributed by atoms with Gasteiger partial charge in [-0.15, -0.1) is 0 Å². The van der Waals surface area contributed by atoms with E-state index in [-0.39, 0.29) is 24.2 Å². The molecule has 9 heteroatoms. The molecule has 38 heavy (non-hydrogen) atoms. The number of aromatic nitrogens is 1. The van der Waals surface area contributed by atoms with Crippen LogP contribution in [0, 0.1) is 12.7 Å². The molecule has 1 saturated heterocycles. The van der Waals surface area contributed by atoms with Crippen molar-refractivity contribution in [1.82, 2.24) is 9.88 Å². The van der Waals surface area contributed by atoms with Crippen molar-refractivity contribution in [2.24, 2.45) is 0 Å². The minimum atomic E-state index is -0.978. The number of anilines is 1. The van der Waals surface area contributed by atoms with E-state index in [0.29, 0.717) is 70.9 Å². The van der Waals surface area contributed by atoms with E-state index in [1.807, 2.05) is 25.1 Å². The first kappa shape index (κ1) is 26.1. The Morgan fingerprint density at radius 3 is 2.76 bits per heavy atom. The van der Waals surface area contributed by atoms with Crippen LogP contribution in [0.4, 0.5) is 10.1 Å². The van der Waals surface area contributed by atoms with Gasteiger partial charge in [-0.3, -0.25) is 13.8 Å². The van der Waals surface area contributed by atoms with Gasteiger partial charge in [0, 0.05) is 58.5 Å². The highest BCUT2D eigenvalue weighted by Crippen LogP contribution is 2.41. The largest absolute Gasteiger partial charge is 0.391 e. The number of aromatic amines is 1. The Morgan fingerprint density at radius 2 is 2.05 bits per heavy atom. The van der Waals surface area contributed by atoms with Crippen molar-refractivity contribution in [1.29, 1.82) is 0 Å². The number of hydrogen-bond acceptors (Lipinski definition) is 4. The van der Waals surface area contributed by atoms with Crippen LogP contribution in [0.15, 0.2) is 42.5 Å². The molecule has 3 aromatic rings. The normalized spacial score (nSPS) is 18.6. The van der Waals surface area contributed by atoms with Crippen LogP contribution >= 0.6 is 0 Å². The molecule has 2 aromatic carbocycles. The number of aryl methyl sites for hydroxylation is 1. The average Bonchev–Trinajstić information content (AvgIpc) is 3.54. The Hall–Kier alpha value is -3.56. The maximum absolute atomic E-state index is 14.1. The summed E-state index contributed by atoms with van der Waals surface area (Å²) in [4.78, 5) is 31.6. The van der Waals surface area contributed by atoms with Gasteiger partial charge in [0.05, 0.1) is 17.2 Å². The molecule has 1 fully saturated rings. The summed E-state index contributed by atoms with van der Waals surface area (Å²) in [6.07, 6.45) is 4.51. The maximum atomic E-state index is 14.1. The lowest BCUT2D eigenvalue weighted by Gasteiger charge is -2.17. The van der Waals surface area contributed by atoms with Crippen molar-refractivity contribution in [3.8, 4) is 11.1 Å². The molecule has 1 aromatic heterocycles. The van der Waals surface area contributed by atoms with Crippen LogP contribution in [-0.4, -0.2) is 62.2 Å². The predicted molar refractivity (Wildman–Crippen MR) is 148 cm³/mol. The minimum Gasteiger partial charge on any atom is -0.391 e. The number of halogens is 1. The van der Waals surface area contributed by atoms with Crippen LogP contribution < -0.4 is 5.32 Å². The van der Waals surface area contributed by atoms with E-state index in [9.17, 15) is 23.3 Å². The molecule has 2 aliphatic rings. The molecule has 0 saturated carbocycles. The second-order valence-electron chi connectivity index (χ2n) is 9.84. The molecule has 0 spiro atoms. The summed E-state index contributed by atoms with van der Waals surface area (Å²) >= 11 is 0. The van der Waals surface area contributed by atoms with Crippen LogP contribution in [0.3, 0.4) is 0 Å². The van der Waals surface area contributed by atoms with Crippen LogP contribution in [0.2, 0.25) is 0 Å². The number of nitrogens with zero attached hydrogens (tertiary/aromatic N) is 1. The summed E-state index contributed by atoms with van der Waals surface area (Å²) in [5.74, 6) is -0.325. The number of rotatable bonds is 7. The molecule has 7 nitrogen and oxygen atoms in total. The highest BCUT2D eigenvalue weighted by atomic mass is 32.2. The number of H-pyrrole nitrogens is 1. The van der Waals surface area contributed by atoms with Gasteiger partial charge in [-0.1, -0.05) is 24.3 Å². The zero-order valence-electron chi connectivity index (χ0n) is 21.3. The first-order chi connectivity index (χ1) is 18.2. The van der Waals surface area contributed by atoms with E-state index in [2.05, 4.69) is 10.3 Å². The van der Waals surface area contributed by atoms with E-state index in [1.165, 1.54) is 12.1 Å². The van der Waals surface area contributed by atoms with E-state index < -0.39 is 16.9 Å². The van der Waals surface area contributed by atoms with Crippen molar-refractivity contribution >= 4 is 40.0 Å². The Labute approximate surface area is 223 Å². The second-order valence-corrected chi connectivity index (χ2v) is 11.4. The van der Waals surface area contributed by atoms with Crippen molar-refractivity contribution in [2.75, 3.05) is 30.4 Å². The number of aliphatic hydroxyl groups excluding tert-OH is 1. The number of amides is 2. The minimum absolute atomic E-state index is 0.163. The number of fused-ring (bicyclic) bond motifs is 1. The topological polar surface area (TPSA) is 102 Å². The summed E-state index contributed by atoms with van der Waals surface area (Å²) in [5.41, 5.74) is 5.70. The summed E-state index contributed by atoms with van der Waals surface area (Å²) in [7, 11) is -0.978. The maximum Gasteiger partial charge on any atom is 0.256 e. The molecule has 1 unspecified atom stereocenters. The summed E-state index contributed by atoms with van der Waals surface area (Å²) in [5, 5.41) is 12.9. The van der Waals surface area contributed by atoms with E-state index in [1.54, 1.807) is 29.4 Å². The molecule has 5 rings (SSSR count). The number of hydrogen-bond donors (Lipinski definition) is 3. The number of aliphatic hydroxyl groups is 1. The van der Waals surface area contributed by atoms with Crippen molar-refractivity contribution in [2.45, 2.75) is 32.3 Å². The number of benzene rings is 2. The lowest BCUT2D eigenvalue weighted by Crippen LogP contribution is -2.30. The Kier molecular flexibility index (Phi) is 7.32. The van der Waals surface area contributed by atoms with E-state index in [0.717, 1.165) is 11.1 Å². The highest BCUT2D eigenvalue weighted by molar-refractivity contribution is 7.84. The molecule has 2 amide bonds. The number of carbonyl (C=O) groups is 2. The standard InChI is InChI=1S/C29H30FN3O4S/c1-17-26(29(36)33-12-11-20(34)16-33)22(9-5-13-38(2)37)25(31-17)15-23-27-21(18-6-3-7-19(30)14-18)8-4-10-24(27)32-28(23)35/h3-4,6-8,10,14-15,20,31,34H,5,9,11-13,16H2,1-2H3,(H,32,35)/b23-15-/t20-,38?/m1/s1. The zero-order chi connectivity index (χ0) is 27.0. The second kappa shape index (κ2) is 10.7. The lowest BCUT2D eigenvalue weighted by atomic mass is 9.93. The van der Waals surface area contributed by atoms with Crippen LogP contribution in [0.1, 0.15) is 45.7 Å². The van der Waals surface area contributed by atoms with Gasteiger partial charge in [-0.25, -0.2) is 4.39 Å². The first-order valence-electron chi connectivity index (χ1n) is 12.6. The van der Waals surface area contributed by atoms with Gasteiger partial charge in [-0.05, 0) is 67.2 Å². The van der Waals surface area contributed by atoms with Crippen molar-refractivity contribution in [3.63, 3.8) is 0 Å². The molecule has 0 bridgehead atoms. The van der Waals surface area contributed by atoms with Gasteiger partial charge in [-0.2, -0.15) is 0 Å². The fraction of sp³-hybridized carbons (Fsp3) is 0.310. The molecule has 2 aliphatic heterocycles. The molecular weight excluding hydrogens is 505 g/mol. The Morgan fingerprint density at radius 1 is 1.26 bits per heavy atom. The fourth-order valence-corrected chi connectivity index (χ4v) is 5.89. The van der Waals surface area contributed by atoms with Gasteiger partial charge in [0.1, 0.15) is 5.82 Å². The highest BCUT2D eigenvalue weighted by Gasteiger charge is 2.32. The zero-order valence-corrected chi connectivity index (χ0v) is 22.2. The molecule has 3 heterocycles. The Balaban J connectivity index is 1.61. The quantitative estimate of drug-likeness (QED) is 0.396. The summed E-state index contributed by atoms with van der Waals surface area (Å²) < 4.78 is 25.8. The molecule has 0 aliphatic carbocycles. The third kappa shape index (κ3) is 5.08. The molecule has 198 valence electrons. The van der Waals surface area contributed by atoms with Gasteiger partial charge in [0.2, 0.25) is 0 Å². The average molecular weight is 536 g/mol.